The molecule has 2 N–H and O–H groups in total. The summed E-state index contributed by atoms with van der Waals surface area (Å²) in [6.07, 6.45) is 0.738. The molecule has 25 heavy (non-hydrogen) atoms. The Bertz CT molecular complexity index is 702. The van der Waals surface area contributed by atoms with Gasteiger partial charge in [0.1, 0.15) is 5.75 Å². The Hall–Kier alpha value is -2.86. The Labute approximate surface area is 146 Å². The van der Waals surface area contributed by atoms with Crippen LogP contribution in [0, 0.1) is 0 Å². The highest BCUT2D eigenvalue weighted by molar-refractivity contribution is 5.97. The first-order valence-corrected chi connectivity index (χ1v) is 7.92. The number of amides is 1. The van der Waals surface area contributed by atoms with Crippen LogP contribution in [-0.2, 0) is 9.53 Å². The van der Waals surface area contributed by atoms with E-state index in [4.69, 9.17) is 9.47 Å². The molecule has 1 amide bonds. The number of nitrogens with one attached hydrogen (secondary N) is 1. The van der Waals surface area contributed by atoms with Gasteiger partial charge in [-0.1, -0.05) is 36.4 Å². The van der Waals surface area contributed by atoms with Crippen molar-refractivity contribution in [1.82, 2.24) is 5.32 Å². The molecule has 0 aliphatic heterocycles. The van der Waals surface area contributed by atoms with E-state index < -0.39 is 17.9 Å². The molecular formula is C19H21NO5. The fourth-order valence-electron chi connectivity index (χ4n) is 2.27. The number of carboxylic acid groups (broad SMARTS) is 1. The zero-order chi connectivity index (χ0) is 18.1. The summed E-state index contributed by atoms with van der Waals surface area (Å²) in [6, 6.07) is 14.1. The topological polar surface area (TPSA) is 84.9 Å². The lowest BCUT2D eigenvalue weighted by atomic mass is 10.1. The average Bonchev–Trinajstić information content (AvgIpc) is 2.64. The molecule has 0 unspecified atom stereocenters. The number of carboxylic acids is 1. The second kappa shape index (κ2) is 9.44. The largest absolute Gasteiger partial charge is 0.493 e. The van der Waals surface area contributed by atoms with Crippen LogP contribution < -0.4 is 10.1 Å². The van der Waals surface area contributed by atoms with Crippen LogP contribution in [0.2, 0.25) is 0 Å². The summed E-state index contributed by atoms with van der Waals surface area (Å²) in [6.45, 7) is 1.07. The smallest absolute Gasteiger partial charge is 0.330 e. The van der Waals surface area contributed by atoms with Crippen LogP contribution in [-0.4, -0.2) is 37.3 Å². The van der Waals surface area contributed by atoms with Crippen LogP contribution in [0.3, 0.4) is 0 Å². The molecule has 6 nitrogen and oxygen atoms in total. The van der Waals surface area contributed by atoms with Crippen molar-refractivity contribution < 1.29 is 24.2 Å². The molecule has 0 bridgehead atoms. The molecule has 2 aromatic carbocycles. The van der Waals surface area contributed by atoms with Gasteiger partial charge < -0.3 is 19.9 Å². The van der Waals surface area contributed by atoms with Gasteiger partial charge in [-0.05, 0) is 23.8 Å². The van der Waals surface area contributed by atoms with Crippen molar-refractivity contribution in [3.63, 3.8) is 0 Å². The maximum Gasteiger partial charge on any atom is 0.330 e. The van der Waals surface area contributed by atoms with E-state index in [0.29, 0.717) is 30.1 Å². The summed E-state index contributed by atoms with van der Waals surface area (Å²) in [5.74, 6) is -1.04. The van der Waals surface area contributed by atoms with Gasteiger partial charge in [-0.15, -0.1) is 0 Å². The summed E-state index contributed by atoms with van der Waals surface area (Å²) < 4.78 is 10.5. The van der Waals surface area contributed by atoms with Gasteiger partial charge in [0, 0.05) is 25.7 Å². The zero-order valence-electron chi connectivity index (χ0n) is 14.0. The molecule has 0 heterocycles. The Morgan fingerprint density at radius 2 is 1.84 bits per heavy atom. The molecule has 6 heteroatoms. The third-order valence-corrected chi connectivity index (χ3v) is 3.51. The number of methoxy groups -OCH3 is 1. The number of rotatable bonds is 9. The van der Waals surface area contributed by atoms with Crippen molar-refractivity contribution in [2.75, 3.05) is 20.3 Å². The second-order valence-electron chi connectivity index (χ2n) is 5.38. The monoisotopic (exact) mass is 343 g/mol. The first-order chi connectivity index (χ1) is 12.1. The quantitative estimate of drug-likeness (QED) is 0.684. The van der Waals surface area contributed by atoms with Gasteiger partial charge in [-0.3, -0.25) is 4.79 Å². The van der Waals surface area contributed by atoms with Crippen molar-refractivity contribution in [3.8, 4) is 5.75 Å². The lowest BCUT2D eigenvalue weighted by Crippen LogP contribution is -2.33. The molecule has 2 rings (SSSR count). The Kier molecular flexibility index (Phi) is 6.98. The van der Waals surface area contributed by atoms with E-state index >= 15 is 0 Å². The van der Waals surface area contributed by atoms with Gasteiger partial charge in [0.05, 0.1) is 6.61 Å². The van der Waals surface area contributed by atoms with Crippen LogP contribution in [0.15, 0.2) is 54.6 Å². The van der Waals surface area contributed by atoms with E-state index in [0.717, 1.165) is 6.42 Å². The summed E-state index contributed by atoms with van der Waals surface area (Å²) in [4.78, 5) is 23.9. The highest BCUT2D eigenvalue weighted by atomic mass is 16.5. The first-order valence-electron chi connectivity index (χ1n) is 7.92. The van der Waals surface area contributed by atoms with Crippen molar-refractivity contribution in [1.29, 1.82) is 0 Å². The molecule has 0 radical (unpaired) electrons. The molecular weight excluding hydrogens is 322 g/mol. The van der Waals surface area contributed by atoms with E-state index in [1.54, 1.807) is 61.7 Å². The molecule has 0 spiro atoms. The normalized spacial score (nSPS) is 11.6. The van der Waals surface area contributed by atoms with E-state index in [1.807, 2.05) is 0 Å². The minimum absolute atomic E-state index is 0.339. The number of hydrogen-bond donors (Lipinski definition) is 2. The van der Waals surface area contributed by atoms with Crippen LogP contribution in [0.4, 0.5) is 0 Å². The van der Waals surface area contributed by atoms with E-state index in [2.05, 4.69) is 5.32 Å². The predicted octanol–water partition coefficient (Wildman–Crippen LogP) is 2.66. The third kappa shape index (κ3) is 5.61. The lowest BCUT2D eigenvalue weighted by Gasteiger charge is -2.15. The highest BCUT2D eigenvalue weighted by Gasteiger charge is 2.22. The van der Waals surface area contributed by atoms with Gasteiger partial charge in [0.15, 0.2) is 6.04 Å². The molecule has 0 saturated heterocycles. The maximum atomic E-state index is 12.4. The number of aliphatic carboxylic acids is 1. The number of carbonyl (C=O) groups is 2. The van der Waals surface area contributed by atoms with Crippen LogP contribution >= 0.6 is 0 Å². The Morgan fingerprint density at radius 1 is 1.08 bits per heavy atom. The SMILES string of the molecule is COCCCOc1cccc(C(=O)N[C@H](C(=O)O)c2ccccc2)c1. The van der Waals surface area contributed by atoms with Crippen molar-refractivity contribution in [3.05, 3.63) is 65.7 Å². The summed E-state index contributed by atoms with van der Waals surface area (Å²) >= 11 is 0. The minimum Gasteiger partial charge on any atom is -0.493 e. The third-order valence-electron chi connectivity index (χ3n) is 3.51. The summed E-state index contributed by atoms with van der Waals surface area (Å²) in [7, 11) is 1.62. The molecule has 1 atom stereocenters. The zero-order valence-corrected chi connectivity index (χ0v) is 14.0. The second-order valence-corrected chi connectivity index (χ2v) is 5.38. The highest BCUT2D eigenvalue weighted by Crippen LogP contribution is 2.17. The van der Waals surface area contributed by atoms with Crippen molar-refractivity contribution in [2.45, 2.75) is 12.5 Å². The lowest BCUT2D eigenvalue weighted by molar-refractivity contribution is -0.139. The van der Waals surface area contributed by atoms with Gasteiger partial charge in [-0.2, -0.15) is 0 Å². The summed E-state index contributed by atoms with van der Waals surface area (Å²) in [5, 5.41) is 11.9. The Morgan fingerprint density at radius 3 is 2.52 bits per heavy atom. The maximum absolute atomic E-state index is 12.4. The molecule has 0 aliphatic rings. The first kappa shape index (κ1) is 18.5. The number of hydrogen-bond acceptors (Lipinski definition) is 4. The molecule has 132 valence electrons. The Balaban J connectivity index is 2.05. The van der Waals surface area contributed by atoms with Crippen LogP contribution in [0.25, 0.3) is 0 Å². The fourth-order valence-corrected chi connectivity index (χ4v) is 2.27. The van der Waals surface area contributed by atoms with Crippen LogP contribution in [0.1, 0.15) is 28.4 Å². The molecule has 0 fully saturated rings. The van der Waals surface area contributed by atoms with Gasteiger partial charge in [0.2, 0.25) is 0 Å². The van der Waals surface area contributed by atoms with Crippen LogP contribution in [0.5, 0.6) is 5.75 Å². The minimum atomic E-state index is -1.12. The number of ether oxygens (including phenoxy) is 2. The molecule has 0 saturated carbocycles. The number of carbonyl (C=O) groups excluding carboxylic acids is 1. The van der Waals surface area contributed by atoms with E-state index in [9.17, 15) is 14.7 Å². The molecule has 2 aromatic rings. The summed E-state index contributed by atoms with van der Waals surface area (Å²) in [5.41, 5.74) is 0.849. The molecule has 0 aliphatic carbocycles. The molecule has 0 aromatic heterocycles. The van der Waals surface area contributed by atoms with E-state index in [1.165, 1.54) is 0 Å². The average molecular weight is 343 g/mol. The standard InChI is InChI=1S/C19H21NO5/c1-24-11-6-12-25-16-10-5-9-15(13-16)18(21)20-17(19(22)23)14-7-3-2-4-8-14/h2-5,7-10,13,17H,6,11-12H2,1H3,(H,20,21)(H,22,23)/t17-/m0/s1. The number of benzene rings is 2. The predicted molar refractivity (Wildman–Crippen MR) is 92.7 cm³/mol. The van der Waals surface area contributed by atoms with Crippen molar-refractivity contribution >= 4 is 11.9 Å². The van der Waals surface area contributed by atoms with Gasteiger partial charge in [-0.25, -0.2) is 4.79 Å². The van der Waals surface area contributed by atoms with Gasteiger partial charge in [0.25, 0.3) is 5.91 Å². The van der Waals surface area contributed by atoms with Gasteiger partial charge >= 0.3 is 5.97 Å². The van der Waals surface area contributed by atoms with E-state index in [-0.39, 0.29) is 0 Å². The van der Waals surface area contributed by atoms with Crippen molar-refractivity contribution in [2.24, 2.45) is 0 Å². The fraction of sp³-hybridized carbons (Fsp3) is 0.263.